The van der Waals surface area contributed by atoms with Gasteiger partial charge in [-0.15, -0.1) is 0 Å². The van der Waals surface area contributed by atoms with Gasteiger partial charge < -0.3 is 5.11 Å². The number of aromatic hydroxyl groups is 1. The Bertz CT molecular complexity index is 3480. The molecule has 2 heterocycles. The highest BCUT2D eigenvalue weighted by Gasteiger charge is 2.25. The van der Waals surface area contributed by atoms with Crippen LogP contribution in [0.25, 0.3) is 95.0 Å². The van der Waals surface area contributed by atoms with Crippen LogP contribution < -0.4 is 0 Å². The number of pyridine rings is 1. The lowest BCUT2D eigenvalue weighted by atomic mass is 9.80. The molecule has 4 nitrogen and oxygen atoms in total. The largest absolute Gasteiger partial charge is 0.507 e. The van der Waals surface area contributed by atoms with Crippen molar-refractivity contribution in [2.45, 2.75) is 59.8 Å². The van der Waals surface area contributed by atoms with Gasteiger partial charge in [-0.3, -0.25) is 9.55 Å². The number of para-hydroxylation sites is 1. The number of aromatic nitrogens is 3. The average Bonchev–Trinajstić information content (AvgIpc) is 3.74. The second kappa shape index (κ2) is 17.5. The first-order valence-electron chi connectivity index (χ1n) is 23.6. The van der Waals surface area contributed by atoms with Crippen LogP contribution in [0.15, 0.2) is 194 Å². The van der Waals surface area contributed by atoms with E-state index < -0.39 is 5.89 Å². The maximum atomic E-state index is 11.8. The van der Waals surface area contributed by atoms with E-state index in [0.29, 0.717) is 11.4 Å². The third-order valence-corrected chi connectivity index (χ3v) is 12.9. The Morgan fingerprint density at radius 2 is 1.13 bits per heavy atom. The molecule has 0 radical (unpaired) electrons. The lowest BCUT2D eigenvalue weighted by Gasteiger charge is -2.25. The average molecular weight is 871 g/mol. The molecule has 0 saturated heterocycles. The monoisotopic (exact) mass is 870 g/mol. The number of imidazole rings is 1. The van der Waals surface area contributed by atoms with Crippen LogP contribution in [0, 0.1) is 13.8 Å². The predicted octanol–water partition coefficient (Wildman–Crippen LogP) is 16.8. The van der Waals surface area contributed by atoms with Crippen molar-refractivity contribution in [2.24, 2.45) is 0 Å². The first kappa shape index (κ1) is 41.9. The zero-order valence-electron chi connectivity index (χ0n) is 40.3. The molecule has 10 aromatic rings. The Kier molecular flexibility index (Phi) is 10.9. The minimum atomic E-state index is -0.939. The third kappa shape index (κ3) is 8.36. The van der Waals surface area contributed by atoms with E-state index in [1.54, 1.807) is 0 Å². The van der Waals surface area contributed by atoms with Crippen LogP contribution >= 0.6 is 0 Å². The van der Waals surface area contributed by atoms with Gasteiger partial charge in [-0.2, -0.15) is 0 Å². The first-order valence-corrected chi connectivity index (χ1v) is 23.1. The predicted molar refractivity (Wildman–Crippen MR) is 281 cm³/mol. The van der Waals surface area contributed by atoms with Crippen LogP contribution in [0.5, 0.6) is 5.75 Å². The number of nitrogens with zero attached hydrogens (tertiary/aromatic N) is 3. The molecule has 1 N–H and O–H groups in total. The minimum absolute atomic E-state index is 0.102. The van der Waals surface area contributed by atoms with E-state index >= 15 is 0 Å². The Morgan fingerprint density at radius 1 is 0.522 bits per heavy atom. The molecule has 0 aliphatic heterocycles. The number of fused-ring (bicyclic) bond motifs is 1. The van der Waals surface area contributed by atoms with E-state index in [0.717, 1.165) is 89.2 Å². The van der Waals surface area contributed by atoms with E-state index in [1.165, 1.54) is 16.7 Å². The van der Waals surface area contributed by atoms with E-state index in [4.69, 9.17) is 9.97 Å². The van der Waals surface area contributed by atoms with E-state index in [2.05, 4.69) is 196 Å². The summed E-state index contributed by atoms with van der Waals surface area (Å²) in [5.41, 5.74) is 19.7. The summed E-state index contributed by atoms with van der Waals surface area (Å²) in [6.45, 7) is 14.6. The van der Waals surface area contributed by atoms with Gasteiger partial charge in [0.05, 0.1) is 22.3 Å². The highest BCUT2D eigenvalue weighted by Crippen LogP contribution is 2.43. The lowest BCUT2D eigenvalue weighted by molar-refractivity contribution is 0.472. The van der Waals surface area contributed by atoms with Crippen LogP contribution in [-0.2, 0) is 5.41 Å². The van der Waals surface area contributed by atoms with Crippen LogP contribution in [0.4, 0.5) is 0 Å². The lowest BCUT2D eigenvalue weighted by Crippen LogP contribution is -2.13. The van der Waals surface area contributed by atoms with Gasteiger partial charge in [0.15, 0.2) is 0 Å². The summed E-state index contributed by atoms with van der Waals surface area (Å²) >= 11 is 0. The molecule has 0 amide bonds. The van der Waals surface area contributed by atoms with Crippen LogP contribution in [0.3, 0.4) is 0 Å². The summed E-state index contributed by atoms with van der Waals surface area (Å²) in [5, 5.41) is 11.8. The van der Waals surface area contributed by atoms with Crippen LogP contribution in [-0.4, -0.2) is 19.6 Å². The van der Waals surface area contributed by atoms with Crippen molar-refractivity contribution in [3.63, 3.8) is 0 Å². The number of hydrogen-bond donors (Lipinski definition) is 1. The molecule has 0 atom stereocenters. The molecule has 0 aliphatic carbocycles. The quantitative estimate of drug-likeness (QED) is 0.157. The van der Waals surface area contributed by atoms with Crippen molar-refractivity contribution >= 4 is 11.0 Å². The normalized spacial score (nSPS) is 12.1. The van der Waals surface area contributed by atoms with Crippen molar-refractivity contribution < 1.29 is 6.48 Å². The summed E-state index contributed by atoms with van der Waals surface area (Å²) < 4.78 is 11.7. The number of hydrogen-bond acceptors (Lipinski definition) is 3. The maximum Gasteiger partial charge on any atom is 0.149 e. The highest BCUT2D eigenvalue weighted by molar-refractivity contribution is 5.98. The zero-order valence-corrected chi connectivity index (χ0v) is 39.3. The van der Waals surface area contributed by atoms with Crippen molar-refractivity contribution in [1.82, 2.24) is 14.5 Å². The van der Waals surface area contributed by atoms with Crippen LogP contribution in [0.2, 0.25) is 0 Å². The van der Waals surface area contributed by atoms with Gasteiger partial charge in [0.1, 0.15) is 11.6 Å². The number of phenolic OH excluding ortho intramolecular Hbond substituents is 1. The number of aryl methyl sites for hydroxylation is 2. The van der Waals surface area contributed by atoms with Gasteiger partial charge in [-0.25, -0.2) is 4.98 Å². The number of phenols is 1. The summed E-state index contributed by atoms with van der Waals surface area (Å²) in [6.07, 6.45) is 1.90. The first-order chi connectivity index (χ1) is 32.7. The van der Waals surface area contributed by atoms with E-state index in [9.17, 15) is 6.48 Å². The standard InChI is InChI=1S/C63H55N3O/c1-40(2)55-39-51(29-30-53(55)54-21-14-15-23-57(54)63(5,6)7)66-59-24-16-22-52(60(59)65-62(66)56-34-41(3)33-42(4)61(56)67)49-35-48(44-19-12-9-13-20-44)36-50(37-49)58-38-47(31-32-64-58)46-27-25-45(26-28-46)43-17-10-8-11-18-43/h8-40,67H,1-7H3/i40D. The number of benzene rings is 8. The fraction of sp³-hybridized carbons (Fsp3) is 0.143. The van der Waals surface area contributed by atoms with Gasteiger partial charge in [0.25, 0.3) is 0 Å². The summed E-state index contributed by atoms with van der Waals surface area (Å²) in [5.74, 6) is -0.120. The molecule has 4 heteroatoms. The van der Waals surface area contributed by atoms with Gasteiger partial charge in [-0.1, -0.05) is 168 Å². The maximum absolute atomic E-state index is 11.8. The zero-order chi connectivity index (χ0) is 47.3. The molecule has 0 aliphatic rings. The summed E-state index contributed by atoms with van der Waals surface area (Å²) in [4.78, 5) is 10.5. The van der Waals surface area contributed by atoms with Gasteiger partial charge >= 0.3 is 0 Å². The Hall–Kier alpha value is -7.82. The van der Waals surface area contributed by atoms with E-state index in [-0.39, 0.29) is 11.2 Å². The topological polar surface area (TPSA) is 50.9 Å². The Labute approximate surface area is 396 Å². The molecule has 0 fully saturated rings. The molecular formula is C63H55N3O. The molecule has 0 unspecified atom stereocenters. The fourth-order valence-corrected chi connectivity index (χ4v) is 9.58. The Balaban J connectivity index is 1.17. The fourth-order valence-electron chi connectivity index (χ4n) is 9.58. The molecule has 10 rings (SSSR count). The second-order valence-corrected chi connectivity index (χ2v) is 19.0. The second-order valence-electron chi connectivity index (χ2n) is 19.0. The van der Waals surface area contributed by atoms with Crippen molar-refractivity contribution in [3.8, 4) is 89.7 Å². The third-order valence-electron chi connectivity index (χ3n) is 12.9. The molecule has 0 spiro atoms. The summed E-state index contributed by atoms with van der Waals surface area (Å²) in [7, 11) is 0. The molecule has 67 heavy (non-hydrogen) atoms. The van der Waals surface area contributed by atoms with Gasteiger partial charge in [0.2, 0.25) is 0 Å². The summed E-state index contributed by atoms with van der Waals surface area (Å²) in [6, 6.07) is 66.0. The molecule has 0 bridgehead atoms. The van der Waals surface area contributed by atoms with Crippen molar-refractivity contribution in [2.75, 3.05) is 0 Å². The molecule has 2 aromatic heterocycles. The van der Waals surface area contributed by atoms with E-state index in [1.807, 2.05) is 51.2 Å². The van der Waals surface area contributed by atoms with Crippen LogP contribution in [0.1, 0.15) is 64.1 Å². The van der Waals surface area contributed by atoms with Crippen molar-refractivity contribution in [3.05, 3.63) is 217 Å². The minimum Gasteiger partial charge on any atom is -0.507 e. The van der Waals surface area contributed by atoms with Gasteiger partial charge in [-0.05, 0) is 152 Å². The smallest absolute Gasteiger partial charge is 0.149 e. The SMILES string of the molecule is [2H]C(C)(C)c1cc(-n2c(-c3cc(C)cc(C)c3O)nc3c(-c4cc(-c5ccccc5)cc(-c5cc(-c6ccc(-c7ccccc7)cc6)ccn5)c4)cccc32)ccc1-c1ccccc1C(C)(C)C. The van der Waals surface area contributed by atoms with Gasteiger partial charge in [0, 0.05) is 24.4 Å². The number of rotatable bonds is 9. The Morgan fingerprint density at radius 3 is 1.84 bits per heavy atom. The molecule has 0 saturated carbocycles. The van der Waals surface area contributed by atoms with Crippen molar-refractivity contribution in [1.29, 1.82) is 0 Å². The molecule has 328 valence electrons. The highest BCUT2D eigenvalue weighted by atomic mass is 16.3. The molecule has 8 aromatic carbocycles. The molecular weight excluding hydrogens is 815 g/mol.